The van der Waals surface area contributed by atoms with Crippen LogP contribution in [0, 0.1) is 0 Å². The van der Waals surface area contributed by atoms with Crippen LogP contribution in [0.1, 0.15) is 174 Å². The first kappa shape index (κ1) is 43.4. The van der Waals surface area contributed by atoms with Crippen LogP contribution in [0.3, 0.4) is 0 Å². The normalized spacial score (nSPS) is 13.1. The molecule has 1 N–H and O–H groups in total. The summed E-state index contributed by atoms with van der Waals surface area (Å²) in [5, 5.41) is 8.74. The smallest absolute Gasteiger partial charge is 0.306 e. The highest BCUT2D eigenvalue weighted by atomic mass is 16.5. The summed E-state index contributed by atoms with van der Waals surface area (Å²) in [7, 11) is 0. The second-order valence-electron chi connectivity index (χ2n) is 12.4. The number of rotatable bonds is 33. The van der Waals surface area contributed by atoms with Gasteiger partial charge in [0.05, 0.1) is 0 Å². The minimum Gasteiger partial charge on any atom is -0.481 e. The molecule has 4 heteroatoms. The summed E-state index contributed by atoms with van der Waals surface area (Å²) in [6, 6.07) is 0. The van der Waals surface area contributed by atoms with Crippen molar-refractivity contribution in [1.29, 1.82) is 0 Å². The van der Waals surface area contributed by atoms with Gasteiger partial charge in [0.2, 0.25) is 0 Å². The molecule has 0 fully saturated rings. The minimum atomic E-state index is -0.695. The third-order valence-corrected chi connectivity index (χ3v) is 7.96. The highest BCUT2D eigenvalue weighted by Gasteiger charge is 2.14. The molecular weight excluding hydrogens is 568 g/mol. The Hall–Kier alpha value is -2.62. The number of esters is 1. The summed E-state index contributed by atoms with van der Waals surface area (Å²) in [6.07, 6.45) is 52.1. The average Bonchev–Trinajstić information content (AvgIpc) is 3.04. The molecule has 0 aliphatic rings. The predicted molar refractivity (Wildman–Crippen MR) is 199 cm³/mol. The van der Waals surface area contributed by atoms with E-state index in [1.165, 1.54) is 44.9 Å². The van der Waals surface area contributed by atoms with Gasteiger partial charge in [0.1, 0.15) is 6.10 Å². The maximum Gasteiger partial charge on any atom is 0.306 e. The van der Waals surface area contributed by atoms with Gasteiger partial charge in [0, 0.05) is 12.8 Å². The van der Waals surface area contributed by atoms with E-state index in [4.69, 9.17) is 9.84 Å². The van der Waals surface area contributed by atoms with Crippen molar-refractivity contribution in [2.24, 2.45) is 0 Å². The van der Waals surface area contributed by atoms with Crippen LogP contribution in [0.25, 0.3) is 0 Å². The Morgan fingerprint density at radius 2 is 0.891 bits per heavy atom. The van der Waals surface area contributed by atoms with Crippen LogP contribution >= 0.6 is 0 Å². The molecule has 4 nitrogen and oxygen atoms in total. The van der Waals surface area contributed by atoms with Crippen LogP contribution in [0.5, 0.6) is 0 Å². The summed E-state index contributed by atoms with van der Waals surface area (Å²) < 4.78 is 5.95. The van der Waals surface area contributed by atoms with E-state index in [1.54, 1.807) is 0 Å². The first-order chi connectivity index (χ1) is 22.6. The van der Waals surface area contributed by atoms with Crippen molar-refractivity contribution >= 4 is 11.9 Å². The molecular formula is C42H70O4. The predicted octanol–water partition coefficient (Wildman–Crippen LogP) is 13.1. The molecule has 0 aliphatic carbocycles. The number of unbranched alkanes of at least 4 members (excludes halogenated alkanes) is 12. The highest BCUT2D eigenvalue weighted by Crippen LogP contribution is 2.18. The van der Waals surface area contributed by atoms with Crippen molar-refractivity contribution in [3.63, 3.8) is 0 Å². The van der Waals surface area contributed by atoms with E-state index in [1.807, 2.05) is 0 Å². The van der Waals surface area contributed by atoms with Crippen molar-refractivity contribution in [1.82, 2.24) is 0 Å². The van der Waals surface area contributed by atoms with Gasteiger partial charge in [0.25, 0.3) is 0 Å². The third-order valence-electron chi connectivity index (χ3n) is 7.96. The van der Waals surface area contributed by atoms with Crippen LogP contribution in [-0.4, -0.2) is 23.1 Å². The Morgan fingerprint density at radius 3 is 1.33 bits per heavy atom. The van der Waals surface area contributed by atoms with Gasteiger partial charge in [0.15, 0.2) is 0 Å². The second kappa shape index (κ2) is 36.8. The first-order valence-corrected chi connectivity index (χ1v) is 18.9. The van der Waals surface area contributed by atoms with Gasteiger partial charge in [-0.15, -0.1) is 0 Å². The summed E-state index contributed by atoms with van der Waals surface area (Å²) >= 11 is 0. The van der Waals surface area contributed by atoms with Gasteiger partial charge < -0.3 is 9.84 Å². The average molecular weight is 639 g/mol. The molecule has 0 rings (SSSR count). The molecule has 0 spiro atoms. The quantitative estimate of drug-likeness (QED) is 0.0441. The van der Waals surface area contributed by atoms with Crippen LogP contribution in [0.4, 0.5) is 0 Å². The zero-order valence-corrected chi connectivity index (χ0v) is 29.9. The maximum atomic E-state index is 12.6. The fourth-order valence-electron chi connectivity index (χ4n) is 5.21. The number of carbonyl (C=O) groups excluding carboxylic acids is 1. The lowest BCUT2D eigenvalue weighted by atomic mass is 10.0. The molecule has 1 atom stereocenters. The van der Waals surface area contributed by atoms with Gasteiger partial charge in [-0.3, -0.25) is 9.59 Å². The summed E-state index contributed by atoms with van der Waals surface area (Å²) in [5.41, 5.74) is 0. The number of allylic oxidation sites excluding steroid dienone is 12. The number of carbonyl (C=O) groups is 2. The maximum absolute atomic E-state index is 12.6. The minimum absolute atomic E-state index is 0.0454. The number of hydrogen-bond donors (Lipinski definition) is 1. The number of hydrogen-bond acceptors (Lipinski definition) is 3. The molecule has 262 valence electrons. The molecule has 0 aliphatic heterocycles. The van der Waals surface area contributed by atoms with E-state index in [2.05, 4.69) is 86.8 Å². The standard InChI is InChI=1S/C42H70O4/c1-3-5-7-9-11-12-13-14-15-16-17-18-19-20-21-22-27-31-35-39-42(45)46-40(36-32-28-24-10-8-6-4-2)37-33-29-25-23-26-30-34-38-41(43)44/h5,7,11-12,14-15,17-18,20-21,27,31,40H,3-4,6,8-10,13,16,19,22-26,28-30,32-39H2,1-2H3,(H,43,44)/b7-5-,12-11-,15-14-,18-17-,21-20-,31-27-. The van der Waals surface area contributed by atoms with Crippen molar-refractivity contribution in [3.8, 4) is 0 Å². The molecule has 0 amide bonds. The lowest BCUT2D eigenvalue weighted by Gasteiger charge is -2.18. The van der Waals surface area contributed by atoms with Crippen molar-refractivity contribution < 1.29 is 19.4 Å². The topological polar surface area (TPSA) is 63.6 Å². The summed E-state index contributed by atoms with van der Waals surface area (Å²) in [6.45, 7) is 4.41. The van der Waals surface area contributed by atoms with Crippen molar-refractivity contribution in [2.75, 3.05) is 0 Å². The highest BCUT2D eigenvalue weighted by molar-refractivity contribution is 5.69. The monoisotopic (exact) mass is 639 g/mol. The lowest BCUT2D eigenvalue weighted by Crippen LogP contribution is -2.18. The van der Waals surface area contributed by atoms with Crippen LogP contribution in [0.15, 0.2) is 72.9 Å². The first-order valence-electron chi connectivity index (χ1n) is 18.9. The van der Waals surface area contributed by atoms with Crippen LogP contribution < -0.4 is 0 Å². The summed E-state index contributed by atoms with van der Waals surface area (Å²) in [4.78, 5) is 23.2. The Kier molecular flexibility index (Phi) is 34.7. The molecule has 0 saturated heterocycles. The van der Waals surface area contributed by atoms with E-state index in [-0.39, 0.29) is 18.5 Å². The summed E-state index contributed by atoms with van der Waals surface area (Å²) in [5.74, 6) is -0.759. The van der Waals surface area contributed by atoms with Crippen LogP contribution in [0.2, 0.25) is 0 Å². The molecule has 0 saturated carbocycles. The lowest BCUT2D eigenvalue weighted by molar-refractivity contribution is -0.149. The Morgan fingerprint density at radius 1 is 0.500 bits per heavy atom. The fraction of sp³-hybridized carbons (Fsp3) is 0.667. The van der Waals surface area contributed by atoms with Gasteiger partial charge in [-0.05, 0) is 77.0 Å². The molecule has 0 aromatic heterocycles. The van der Waals surface area contributed by atoms with Crippen LogP contribution in [-0.2, 0) is 14.3 Å². The molecule has 1 unspecified atom stereocenters. The number of carboxylic acid groups (broad SMARTS) is 1. The molecule has 0 aromatic rings. The van der Waals surface area contributed by atoms with Gasteiger partial charge >= 0.3 is 11.9 Å². The Bertz CT molecular complexity index is 861. The molecule has 0 radical (unpaired) electrons. The Balaban J connectivity index is 4.15. The molecule has 0 heterocycles. The van der Waals surface area contributed by atoms with E-state index in [0.717, 1.165) is 103 Å². The SMILES string of the molecule is CC/C=C\C/C=C\C/C=C\C/C=C\C/C=C\C/C=C\CCC(=O)OC(CCCCCCCCC)CCCCCCCCCC(=O)O. The molecule has 0 bridgehead atoms. The largest absolute Gasteiger partial charge is 0.481 e. The van der Waals surface area contributed by atoms with Gasteiger partial charge in [-0.2, -0.15) is 0 Å². The van der Waals surface area contributed by atoms with Crippen molar-refractivity contribution in [3.05, 3.63) is 72.9 Å². The molecule has 0 aromatic carbocycles. The number of aliphatic carboxylic acids is 1. The van der Waals surface area contributed by atoms with E-state index in [9.17, 15) is 9.59 Å². The second-order valence-corrected chi connectivity index (χ2v) is 12.4. The zero-order valence-electron chi connectivity index (χ0n) is 29.9. The third kappa shape index (κ3) is 35.9. The van der Waals surface area contributed by atoms with E-state index < -0.39 is 5.97 Å². The van der Waals surface area contributed by atoms with Gasteiger partial charge in [-0.25, -0.2) is 0 Å². The number of ether oxygens (including phenoxy) is 1. The fourth-order valence-corrected chi connectivity index (χ4v) is 5.21. The molecule has 46 heavy (non-hydrogen) atoms. The van der Waals surface area contributed by atoms with E-state index in [0.29, 0.717) is 6.42 Å². The zero-order chi connectivity index (χ0) is 33.6. The van der Waals surface area contributed by atoms with Crippen molar-refractivity contribution in [2.45, 2.75) is 180 Å². The van der Waals surface area contributed by atoms with Gasteiger partial charge in [-0.1, -0.05) is 157 Å². The Labute approximate surface area is 284 Å². The number of carboxylic acids is 1. The van der Waals surface area contributed by atoms with E-state index >= 15 is 0 Å².